The summed E-state index contributed by atoms with van der Waals surface area (Å²) in [6, 6.07) is 8.87. The number of fused-ring (bicyclic) bond motifs is 1. The van der Waals surface area contributed by atoms with Crippen LogP contribution in [-0.2, 0) is 38.0 Å². The Labute approximate surface area is 162 Å². The number of rotatable bonds is 7. The van der Waals surface area contributed by atoms with Gasteiger partial charge in [0.15, 0.2) is 9.84 Å². The smallest absolute Gasteiger partial charge is 0.341 e. The van der Waals surface area contributed by atoms with Gasteiger partial charge in [0.05, 0.1) is 24.2 Å². The molecule has 6 nitrogen and oxygen atoms in total. The minimum absolute atomic E-state index is 0.0954. The molecule has 1 aromatic heterocycles. The van der Waals surface area contributed by atoms with Crippen molar-refractivity contribution in [1.29, 1.82) is 0 Å². The summed E-state index contributed by atoms with van der Waals surface area (Å²) in [6.45, 7) is 0. The van der Waals surface area contributed by atoms with E-state index in [-0.39, 0.29) is 17.9 Å². The van der Waals surface area contributed by atoms with Crippen LogP contribution in [0.15, 0.2) is 30.3 Å². The van der Waals surface area contributed by atoms with Gasteiger partial charge in [0.1, 0.15) is 5.00 Å². The van der Waals surface area contributed by atoms with Crippen molar-refractivity contribution in [3.05, 3.63) is 51.9 Å². The number of ether oxygens (including phenoxy) is 1. The van der Waals surface area contributed by atoms with Gasteiger partial charge in [-0.25, -0.2) is 13.2 Å². The summed E-state index contributed by atoms with van der Waals surface area (Å²) in [6.07, 6.45) is 2.50. The normalized spacial score (nSPS) is 13.2. The first-order chi connectivity index (χ1) is 12.9. The van der Waals surface area contributed by atoms with Crippen molar-refractivity contribution in [3.8, 4) is 0 Å². The summed E-state index contributed by atoms with van der Waals surface area (Å²) in [4.78, 5) is 25.5. The van der Waals surface area contributed by atoms with Gasteiger partial charge in [0, 0.05) is 11.3 Å². The van der Waals surface area contributed by atoms with Crippen molar-refractivity contribution in [1.82, 2.24) is 0 Å². The lowest BCUT2D eigenvalue weighted by molar-refractivity contribution is -0.115. The van der Waals surface area contributed by atoms with Gasteiger partial charge in [0.2, 0.25) is 5.91 Å². The number of hydrogen-bond donors (Lipinski definition) is 1. The van der Waals surface area contributed by atoms with Crippen LogP contribution in [0.4, 0.5) is 5.00 Å². The minimum Gasteiger partial charge on any atom is -0.465 e. The van der Waals surface area contributed by atoms with Crippen molar-refractivity contribution in [2.75, 3.05) is 18.2 Å². The molecule has 1 heterocycles. The molecule has 144 valence electrons. The van der Waals surface area contributed by atoms with E-state index in [4.69, 9.17) is 4.74 Å². The minimum atomic E-state index is -3.40. The molecule has 2 aromatic rings. The van der Waals surface area contributed by atoms with Crippen LogP contribution >= 0.6 is 11.3 Å². The van der Waals surface area contributed by atoms with E-state index in [2.05, 4.69) is 5.32 Å². The number of methoxy groups -OCH3 is 1. The van der Waals surface area contributed by atoms with Crippen LogP contribution in [0.25, 0.3) is 0 Å². The van der Waals surface area contributed by atoms with E-state index in [1.807, 2.05) is 6.07 Å². The van der Waals surface area contributed by atoms with Crippen LogP contribution in [0.5, 0.6) is 0 Å². The van der Waals surface area contributed by atoms with Crippen molar-refractivity contribution >= 4 is 38.1 Å². The van der Waals surface area contributed by atoms with Crippen LogP contribution in [0.3, 0.4) is 0 Å². The highest BCUT2D eigenvalue weighted by Gasteiger charge is 2.28. The third-order valence-electron chi connectivity index (χ3n) is 4.43. The Kier molecular flexibility index (Phi) is 5.96. The molecule has 1 aromatic carbocycles. The van der Waals surface area contributed by atoms with E-state index in [1.165, 1.54) is 18.4 Å². The number of esters is 1. The van der Waals surface area contributed by atoms with Crippen LogP contribution < -0.4 is 5.32 Å². The van der Waals surface area contributed by atoms with Gasteiger partial charge in [-0.2, -0.15) is 0 Å². The van der Waals surface area contributed by atoms with Gasteiger partial charge in [-0.15, -0.1) is 11.3 Å². The average Bonchev–Trinajstić information content (AvgIpc) is 3.20. The van der Waals surface area contributed by atoms with E-state index in [0.29, 0.717) is 16.1 Å². The second-order valence-corrected chi connectivity index (χ2v) is 9.72. The van der Waals surface area contributed by atoms with E-state index < -0.39 is 21.7 Å². The van der Waals surface area contributed by atoms with Crippen molar-refractivity contribution < 1.29 is 22.7 Å². The Morgan fingerprint density at radius 3 is 2.63 bits per heavy atom. The van der Waals surface area contributed by atoms with Gasteiger partial charge in [-0.05, 0) is 30.4 Å². The molecule has 27 heavy (non-hydrogen) atoms. The largest absolute Gasteiger partial charge is 0.465 e. The molecule has 0 atom stereocenters. The first-order valence-corrected chi connectivity index (χ1v) is 11.3. The van der Waals surface area contributed by atoms with E-state index >= 15 is 0 Å². The molecule has 0 saturated heterocycles. The number of anilines is 1. The van der Waals surface area contributed by atoms with Gasteiger partial charge < -0.3 is 10.1 Å². The number of carbonyl (C=O) groups is 2. The number of thiophene rings is 1. The highest BCUT2D eigenvalue weighted by Crippen LogP contribution is 2.39. The summed E-state index contributed by atoms with van der Waals surface area (Å²) in [7, 11) is -2.09. The summed E-state index contributed by atoms with van der Waals surface area (Å²) in [5, 5.41) is 3.16. The van der Waals surface area contributed by atoms with Gasteiger partial charge in [0.25, 0.3) is 0 Å². The molecular formula is C19H21NO5S2. The summed E-state index contributed by atoms with van der Waals surface area (Å²) in [5.74, 6) is -1.23. The lowest BCUT2D eigenvalue weighted by atomic mass is 10.1. The SMILES string of the molecule is COC(=O)c1c(NC(=O)CCS(=O)(=O)Cc2ccccc2)sc2c1CCC2. The Morgan fingerprint density at radius 2 is 1.93 bits per heavy atom. The lowest BCUT2D eigenvalue weighted by Crippen LogP contribution is -2.19. The molecule has 0 radical (unpaired) electrons. The van der Waals surface area contributed by atoms with Gasteiger partial charge in [-0.1, -0.05) is 30.3 Å². The summed E-state index contributed by atoms with van der Waals surface area (Å²) < 4.78 is 29.3. The Bertz CT molecular complexity index is 948. The first kappa shape index (κ1) is 19.6. The number of benzene rings is 1. The predicted octanol–water partition coefficient (Wildman–Crippen LogP) is 2.97. The van der Waals surface area contributed by atoms with Crippen LogP contribution in [-0.4, -0.2) is 33.2 Å². The monoisotopic (exact) mass is 407 g/mol. The Morgan fingerprint density at radius 1 is 1.19 bits per heavy atom. The highest BCUT2D eigenvalue weighted by atomic mass is 32.2. The Balaban J connectivity index is 1.64. The zero-order chi connectivity index (χ0) is 19.4. The number of hydrogen-bond acceptors (Lipinski definition) is 6. The second-order valence-electron chi connectivity index (χ2n) is 6.43. The van der Waals surface area contributed by atoms with Gasteiger partial charge in [-0.3, -0.25) is 4.79 Å². The quantitative estimate of drug-likeness (QED) is 0.713. The standard InChI is InChI=1S/C19H21NO5S2/c1-25-19(22)17-14-8-5-9-15(14)26-18(17)20-16(21)10-11-27(23,24)12-13-6-3-2-4-7-13/h2-4,6-7H,5,8-12H2,1H3,(H,20,21). The number of aryl methyl sites for hydroxylation is 1. The third kappa shape index (κ3) is 4.75. The molecular weight excluding hydrogens is 386 g/mol. The number of nitrogens with one attached hydrogen (secondary N) is 1. The van der Waals surface area contributed by atoms with E-state index in [1.54, 1.807) is 24.3 Å². The maximum Gasteiger partial charge on any atom is 0.341 e. The molecule has 1 aliphatic rings. The molecule has 0 bridgehead atoms. The van der Waals surface area contributed by atoms with Crippen molar-refractivity contribution in [3.63, 3.8) is 0 Å². The molecule has 0 unspecified atom stereocenters. The third-order valence-corrected chi connectivity index (χ3v) is 7.24. The molecule has 0 aliphatic heterocycles. The second kappa shape index (κ2) is 8.22. The Hall–Kier alpha value is -2.19. The topological polar surface area (TPSA) is 89.5 Å². The maximum atomic E-state index is 12.3. The maximum absolute atomic E-state index is 12.3. The number of sulfone groups is 1. The van der Waals surface area contributed by atoms with E-state index in [9.17, 15) is 18.0 Å². The van der Waals surface area contributed by atoms with Crippen molar-refractivity contribution in [2.45, 2.75) is 31.4 Å². The fraction of sp³-hybridized carbons (Fsp3) is 0.368. The number of carbonyl (C=O) groups excluding carboxylic acids is 2. The van der Waals surface area contributed by atoms with Crippen LogP contribution in [0.1, 0.15) is 39.2 Å². The molecule has 0 spiro atoms. The van der Waals surface area contributed by atoms with E-state index in [0.717, 1.165) is 29.7 Å². The fourth-order valence-electron chi connectivity index (χ4n) is 3.15. The van der Waals surface area contributed by atoms with Crippen molar-refractivity contribution in [2.24, 2.45) is 0 Å². The molecule has 1 aliphatic carbocycles. The molecule has 8 heteroatoms. The summed E-state index contributed by atoms with van der Waals surface area (Å²) >= 11 is 1.37. The first-order valence-electron chi connectivity index (χ1n) is 8.66. The van der Waals surface area contributed by atoms with Gasteiger partial charge >= 0.3 is 5.97 Å². The number of amides is 1. The van der Waals surface area contributed by atoms with Crippen LogP contribution in [0.2, 0.25) is 0 Å². The lowest BCUT2D eigenvalue weighted by Gasteiger charge is -2.08. The molecule has 3 rings (SSSR count). The molecule has 0 saturated carbocycles. The zero-order valence-electron chi connectivity index (χ0n) is 15.0. The van der Waals surface area contributed by atoms with Crippen LogP contribution in [0, 0.1) is 0 Å². The summed E-state index contributed by atoms with van der Waals surface area (Å²) in [5.41, 5.74) is 2.05. The predicted molar refractivity (Wildman–Crippen MR) is 105 cm³/mol. The molecule has 0 fully saturated rings. The molecule has 1 amide bonds. The zero-order valence-corrected chi connectivity index (χ0v) is 16.6. The average molecular weight is 408 g/mol. The highest BCUT2D eigenvalue weighted by molar-refractivity contribution is 7.90. The molecule has 1 N–H and O–H groups in total. The fourth-order valence-corrected chi connectivity index (χ4v) is 5.78.